The first-order chi connectivity index (χ1) is 7.41. The molecule has 0 radical (unpaired) electrons. The maximum absolute atomic E-state index is 9.64. The molecule has 0 bridgehead atoms. The van der Waals surface area contributed by atoms with E-state index in [0.29, 0.717) is 5.82 Å². The zero-order chi connectivity index (χ0) is 11.9. The predicted molar refractivity (Wildman–Crippen MR) is 66.6 cm³/mol. The van der Waals surface area contributed by atoms with Crippen molar-refractivity contribution in [3.05, 3.63) is 16.0 Å². The number of hydrogen-bond acceptors (Lipinski definition) is 4. The average Bonchev–Trinajstić information content (AvgIpc) is 2.23. The predicted octanol–water partition coefficient (Wildman–Crippen LogP) is 2.46. The lowest BCUT2D eigenvalue weighted by Gasteiger charge is -2.49. The second-order valence-electron chi connectivity index (χ2n) is 4.61. The Hall–Kier alpha value is -0.390. The van der Waals surface area contributed by atoms with Gasteiger partial charge in [-0.25, -0.2) is 4.98 Å². The molecule has 2 N–H and O–H groups in total. The van der Waals surface area contributed by atoms with Crippen LogP contribution in [-0.2, 0) is 0 Å². The van der Waals surface area contributed by atoms with Gasteiger partial charge in [0.2, 0.25) is 5.28 Å². The molecular weight excluding hydrogens is 293 g/mol. The summed E-state index contributed by atoms with van der Waals surface area (Å²) >= 11 is 9.09. The summed E-state index contributed by atoms with van der Waals surface area (Å²) in [7, 11) is 0. The van der Waals surface area contributed by atoms with E-state index >= 15 is 0 Å². The van der Waals surface area contributed by atoms with E-state index < -0.39 is 0 Å². The Kier molecular flexibility index (Phi) is 3.11. The molecule has 0 amide bonds. The maximum atomic E-state index is 9.64. The van der Waals surface area contributed by atoms with Gasteiger partial charge in [-0.2, -0.15) is 4.98 Å². The lowest BCUT2D eigenvalue weighted by Crippen LogP contribution is -2.57. The van der Waals surface area contributed by atoms with E-state index in [1.54, 1.807) is 6.20 Å². The molecule has 1 saturated carbocycles. The van der Waals surface area contributed by atoms with Crippen molar-refractivity contribution in [3.63, 3.8) is 0 Å². The second-order valence-corrected chi connectivity index (χ2v) is 5.80. The van der Waals surface area contributed by atoms with Crippen molar-refractivity contribution in [1.82, 2.24) is 9.97 Å². The molecule has 1 aromatic heterocycles. The van der Waals surface area contributed by atoms with Crippen molar-refractivity contribution in [2.75, 3.05) is 5.32 Å². The van der Waals surface area contributed by atoms with E-state index in [9.17, 15) is 5.11 Å². The normalized spacial score (nSPS) is 27.3. The third kappa shape index (κ3) is 2.04. The zero-order valence-electron chi connectivity index (χ0n) is 9.04. The van der Waals surface area contributed by atoms with Gasteiger partial charge in [0.25, 0.3) is 0 Å². The number of halogens is 2. The van der Waals surface area contributed by atoms with Crippen molar-refractivity contribution in [2.45, 2.75) is 32.4 Å². The van der Waals surface area contributed by atoms with Crippen molar-refractivity contribution < 1.29 is 5.11 Å². The summed E-state index contributed by atoms with van der Waals surface area (Å²) in [6.07, 6.45) is 2.07. The minimum absolute atomic E-state index is 0.142. The molecule has 1 aliphatic rings. The third-order valence-corrected chi connectivity index (χ3v) is 4.00. The standard InChI is InChI=1S/C10H13BrClN3O/c1-10(2)6(3-7(10)16)14-8-5(11)4-13-9(12)15-8/h4,6-7,16H,3H2,1-2H3,(H,13,14,15). The molecule has 16 heavy (non-hydrogen) atoms. The minimum atomic E-state index is -0.263. The highest BCUT2D eigenvalue weighted by atomic mass is 79.9. The molecule has 0 aliphatic heterocycles. The first-order valence-corrected chi connectivity index (χ1v) is 6.21. The molecular formula is C10H13BrClN3O. The van der Waals surface area contributed by atoms with Crippen molar-refractivity contribution in [1.29, 1.82) is 0 Å². The van der Waals surface area contributed by atoms with Crippen LogP contribution in [0.4, 0.5) is 5.82 Å². The highest BCUT2D eigenvalue weighted by Gasteiger charge is 2.47. The Labute approximate surface area is 108 Å². The van der Waals surface area contributed by atoms with Gasteiger partial charge in [0, 0.05) is 17.7 Å². The summed E-state index contributed by atoms with van der Waals surface area (Å²) in [5, 5.41) is 13.1. The van der Waals surface area contributed by atoms with Crippen LogP contribution in [0.25, 0.3) is 0 Å². The number of rotatable bonds is 2. The van der Waals surface area contributed by atoms with Gasteiger partial charge in [-0.15, -0.1) is 0 Å². The smallest absolute Gasteiger partial charge is 0.224 e. The molecule has 1 aromatic rings. The maximum Gasteiger partial charge on any atom is 0.224 e. The van der Waals surface area contributed by atoms with Crippen LogP contribution in [0.2, 0.25) is 5.28 Å². The number of anilines is 1. The van der Waals surface area contributed by atoms with Gasteiger partial charge in [-0.05, 0) is 34.0 Å². The molecule has 0 saturated heterocycles. The van der Waals surface area contributed by atoms with Crippen LogP contribution in [0, 0.1) is 5.41 Å². The number of nitrogens with zero attached hydrogens (tertiary/aromatic N) is 2. The van der Waals surface area contributed by atoms with E-state index in [4.69, 9.17) is 11.6 Å². The summed E-state index contributed by atoms with van der Waals surface area (Å²) < 4.78 is 0.772. The van der Waals surface area contributed by atoms with Crippen molar-refractivity contribution in [3.8, 4) is 0 Å². The lowest BCUT2D eigenvalue weighted by atomic mass is 9.64. The summed E-state index contributed by atoms with van der Waals surface area (Å²) in [6, 6.07) is 0.199. The Bertz CT molecular complexity index is 413. The van der Waals surface area contributed by atoms with Crippen LogP contribution in [0.15, 0.2) is 10.7 Å². The molecule has 2 rings (SSSR count). The first kappa shape index (κ1) is 12.1. The summed E-state index contributed by atoms with van der Waals surface area (Å²) in [5.41, 5.74) is -0.142. The molecule has 1 aliphatic carbocycles. The topological polar surface area (TPSA) is 58.0 Å². The monoisotopic (exact) mass is 305 g/mol. The molecule has 2 atom stereocenters. The van der Waals surface area contributed by atoms with Crippen LogP contribution < -0.4 is 5.32 Å². The van der Waals surface area contributed by atoms with Gasteiger partial charge in [0.15, 0.2) is 0 Å². The summed E-state index contributed by atoms with van der Waals surface area (Å²) in [4.78, 5) is 7.96. The average molecular weight is 307 g/mol. The molecule has 1 heterocycles. The Morgan fingerprint density at radius 3 is 2.88 bits per heavy atom. The van der Waals surface area contributed by atoms with Crippen LogP contribution >= 0.6 is 27.5 Å². The fourth-order valence-corrected chi connectivity index (χ4v) is 2.20. The minimum Gasteiger partial charge on any atom is -0.392 e. The Morgan fingerprint density at radius 1 is 1.62 bits per heavy atom. The summed E-state index contributed by atoms with van der Waals surface area (Å²) in [6.45, 7) is 4.05. The van der Waals surface area contributed by atoms with E-state index in [0.717, 1.165) is 10.9 Å². The van der Waals surface area contributed by atoms with Crippen LogP contribution in [0.5, 0.6) is 0 Å². The van der Waals surface area contributed by atoms with E-state index in [-0.39, 0.29) is 22.8 Å². The highest BCUT2D eigenvalue weighted by molar-refractivity contribution is 9.10. The van der Waals surface area contributed by atoms with Gasteiger partial charge in [-0.3, -0.25) is 0 Å². The molecule has 4 nitrogen and oxygen atoms in total. The Balaban J connectivity index is 2.13. The Morgan fingerprint density at radius 2 is 2.31 bits per heavy atom. The van der Waals surface area contributed by atoms with Crippen molar-refractivity contribution >= 4 is 33.3 Å². The van der Waals surface area contributed by atoms with Gasteiger partial charge in [-0.1, -0.05) is 13.8 Å². The number of aliphatic hydroxyl groups is 1. The number of aromatic nitrogens is 2. The number of hydrogen-bond donors (Lipinski definition) is 2. The van der Waals surface area contributed by atoms with Crippen LogP contribution in [-0.4, -0.2) is 27.2 Å². The fraction of sp³-hybridized carbons (Fsp3) is 0.600. The molecule has 2 unspecified atom stereocenters. The molecule has 88 valence electrons. The first-order valence-electron chi connectivity index (χ1n) is 5.04. The third-order valence-electron chi connectivity index (χ3n) is 3.24. The number of nitrogens with one attached hydrogen (secondary N) is 1. The largest absolute Gasteiger partial charge is 0.392 e. The van der Waals surface area contributed by atoms with Crippen molar-refractivity contribution in [2.24, 2.45) is 5.41 Å². The lowest BCUT2D eigenvalue weighted by molar-refractivity contribution is -0.0511. The van der Waals surface area contributed by atoms with E-state index in [1.807, 2.05) is 13.8 Å². The quantitative estimate of drug-likeness (QED) is 0.824. The molecule has 6 heteroatoms. The van der Waals surface area contributed by atoms with E-state index in [1.165, 1.54) is 0 Å². The SMILES string of the molecule is CC1(C)C(O)CC1Nc1nc(Cl)ncc1Br. The van der Waals surface area contributed by atoms with Gasteiger partial charge in [0.05, 0.1) is 10.6 Å². The molecule has 0 spiro atoms. The highest BCUT2D eigenvalue weighted by Crippen LogP contribution is 2.42. The molecule has 0 aromatic carbocycles. The van der Waals surface area contributed by atoms with Crippen LogP contribution in [0.3, 0.4) is 0 Å². The number of aliphatic hydroxyl groups excluding tert-OH is 1. The second kappa shape index (κ2) is 4.13. The van der Waals surface area contributed by atoms with Gasteiger partial charge >= 0.3 is 0 Å². The van der Waals surface area contributed by atoms with E-state index in [2.05, 4.69) is 31.2 Å². The van der Waals surface area contributed by atoms with Gasteiger partial charge in [0.1, 0.15) is 5.82 Å². The van der Waals surface area contributed by atoms with Gasteiger partial charge < -0.3 is 10.4 Å². The van der Waals surface area contributed by atoms with Crippen LogP contribution in [0.1, 0.15) is 20.3 Å². The summed E-state index contributed by atoms with van der Waals surface area (Å²) in [5.74, 6) is 0.671. The zero-order valence-corrected chi connectivity index (χ0v) is 11.4. The fourth-order valence-electron chi connectivity index (χ4n) is 1.76. The molecule has 1 fully saturated rings.